The van der Waals surface area contributed by atoms with Gasteiger partial charge in [-0.05, 0) is 34.0 Å². The zero-order valence-electron chi connectivity index (χ0n) is 9.16. The third-order valence-corrected chi connectivity index (χ3v) is 2.12. The molecule has 1 unspecified atom stereocenters. The molecular weight excluding hydrogens is 178 g/mol. The number of hydrogen-bond donors (Lipinski definition) is 1. The first-order valence-corrected chi connectivity index (χ1v) is 4.94. The quantitative estimate of drug-likeness (QED) is 0.741. The standard InChI is InChI=1S/C10H19N3O/c1-9(4-5-13(2)3)12-7-10-6-11-8-14-10/h6,8-9,12H,4-5,7H2,1-3H3. The van der Waals surface area contributed by atoms with E-state index in [2.05, 4.69) is 36.2 Å². The molecule has 0 spiro atoms. The van der Waals surface area contributed by atoms with Crippen LogP contribution in [-0.2, 0) is 6.54 Å². The first kappa shape index (κ1) is 11.2. The van der Waals surface area contributed by atoms with Crippen LogP contribution in [0.3, 0.4) is 0 Å². The average molecular weight is 197 g/mol. The Kier molecular flexibility index (Phi) is 4.62. The van der Waals surface area contributed by atoms with Crippen LogP contribution < -0.4 is 5.32 Å². The molecule has 14 heavy (non-hydrogen) atoms. The number of hydrogen-bond acceptors (Lipinski definition) is 4. The largest absolute Gasteiger partial charge is 0.447 e. The smallest absolute Gasteiger partial charge is 0.180 e. The molecular formula is C10H19N3O. The fraction of sp³-hybridized carbons (Fsp3) is 0.700. The Morgan fingerprint density at radius 1 is 1.57 bits per heavy atom. The molecule has 0 aromatic carbocycles. The summed E-state index contributed by atoms with van der Waals surface area (Å²) in [6.45, 7) is 4.04. The summed E-state index contributed by atoms with van der Waals surface area (Å²) in [5, 5.41) is 3.38. The summed E-state index contributed by atoms with van der Waals surface area (Å²) in [6.07, 6.45) is 4.34. The maximum atomic E-state index is 5.13. The zero-order chi connectivity index (χ0) is 10.4. The lowest BCUT2D eigenvalue weighted by Crippen LogP contribution is -2.29. The van der Waals surface area contributed by atoms with E-state index in [1.807, 2.05) is 0 Å². The number of oxazole rings is 1. The minimum atomic E-state index is 0.502. The monoisotopic (exact) mass is 197 g/mol. The molecule has 1 rings (SSSR count). The van der Waals surface area contributed by atoms with Crippen molar-refractivity contribution in [3.63, 3.8) is 0 Å². The van der Waals surface area contributed by atoms with E-state index in [0.29, 0.717) is 6.04 Å². The van der Waals surface area contributed by atoms with Crippen molar-refractivity contribution in [3.05, 3.63) is 18.4 Å². The molecule has 0 aliphatic rings. The molecule has 80 valence electrons. The molecule has 1 atom stereocenters. The van der Waals surface area contributed by atoms with Gasteiger partial charge in [0, 0.05) is 6.04 Å². The van der Waals surface area contributed by atoms with Gasteiger partial charge < -0.3 is 14.6 Å². The van der Waals surface area contributed by atoms with Crippen molar-refractivity contribution in [1.29, 1.82) is 0 Å². The Hall–Kier alpha value is -0.870. The second-order valence-electron chi connectivity index (χ2n) is 3.84. The molecule has 0 aliphatic heterocycles. The predicted octanol–water partition coefficient (Wildman–Crippen LogP) is 1.10. The minimum absolute atomic E-state index is 0.502. The second-order valence-corrected chi connectivity index (χ2v) is 3.84. The molecule has 0 bridgehead atoms. The first-order valence-electron chi connectivity index (χ1n) is 4.94. The predicted molar refractivity (Wildman–Crippen MR) is 56.0 cm³/mol. The van der Waals surface area contributed by atoms with Gasteiger partial charge in [-0.3, -0.25) is 0 Å². The Labute approximate surface area is 85.3 Å². The van der Waals surface area contributed by atoms with Crippen LogP contribution in [0.5, 0.6) is 0 Å². The van der Waals surface area contributed by atoms with E-state index in [0.717, 1.165) is 25.3 Å². The Morgan fingerprint density at radius 3 is 2.93 bits per heavy atom. The van der Waals surface area contributed by atoms with Crippen molar-refractivity contribution >= 4 is 0 Å². The lowest BCUT2D eigenvalue weighted by atomic mass is 10.2. The normalized spacial score (nSPS) is 13.4. The van der Waals surface area contributed by atoms with Gasteiger partial charge in [0.05, 0.1) is 12.7 Å². The molecule has 0 amide bonds. The maximum Gasteiger partial charge on any atom is 0.180 e. The van der Waals surface area contributed by atoms with Gasteiger partial charge >= 0.3 is 0 Å². The molecule has 0 saturated carbocycles. The average Bonchev–Trinajstić information content (AvgIpc) is 2.63. The molecule has 4 nitrogen and oxygen atoms in total. The van der Waals surface area contributed by atoms with E-state index in [-0.39, 0.29) is 0 Å². The fourth-order valence-electron chi connectivity index (χ4n) is 1.16. The van der Waals surface area contributed by atoms with Gasteiger partial charge in [-0.25, -0.2) is 4.98 Å². The molecule has 1 aromatic heterocycles. The van der Waals surface area contributed by atoms with Gasteiger partial charge in [-0.15, -0.1) is 0 Å². The van der Waals surface area contributed by atoms with Gasteiger partial charge in [0.25, 0.3) is 0 Å². The Balaban J connectivity index is 2.12. The molecule has 1 N–H and O–H groups in total. The van der Waals surface area contributed by atoms with Crippen LogP contribution in [0.25, 0.3) is 0 Å². The molecule has 0 radical (unpaired) electrons. The maximum absolute atomic E-state index is 5.13. The number of rotatable bonds is 6. The lowest BCUT2D eigenvalue weighted by Gasteiger charge is -2.15. The van der Waals surface area contributed by atoms with E-state index in [4.69, 9.17) is 4.42 Å². The van der Waals surface area contributed by atoms with E-state index < -0.39 is 0 Å². The van der Waals surface area contributed by atoms with Crippen LogP contribution in [0, 0.1) is 0 Å². The summed E-state index contributed by atoms with van der Waals surface area (Å²) in [6, 6.07) is 0.502. The van der Waals surface area contributed by atoms with Gasteiger partial charge in [0.15, 0.2) is 6.39 Å². The van der Waals surface area contributed by atoms with E-state index in [1.165, 1.54) is 6.39 Å². The molecule has 0 fully saturated rings. The highest BCUT2D eigenvalue weighted by molar-refractivity contribution is 4.87. The van der Waals surface area contributed by atoms with Crippen molar-refractivity contribution < 1.29 is 4.42 Å². The summed E-state index contributed by atoms with van der Waals surface area (Å²) in [4.78, 5) is 6.05. The SMILES string of the molecule is CC(CCN(C)C)NCc1cnco1. The number of nitrogens with one attached hydrogen (secondary N) is 1. The second kappa shape index (κ2) is 5.78. The van der Waals surface area contributed by atoms with Crippen molar-refractivity contribution in [2.75, 3.05) is 20.6 Å². The van der Waals surface area contributed by atoms with Gasteiger partial charge in [-0.1, -0.05) is 0 Å². The number of nitrogens with zero attached hydrogens (tertiary/aromatic N) is 2. The van der Waals surface area contributed by atoms with Gasteiger partial charge in [0.2, 0.25) is 0 Å². The zero-order valence-corrected chi connectivity index (χ0v) is 9.16. The van der Waals surface area contributed by atoms with Gasteiger partial charge in [-0.2, -0.15) is 0 Å². The summed E-state index contributed by atoms with van der Waals surface area (Å²) in [5.41, 5.74) is 0. The van der Waals surface area contributed by atoms with Crippen molar-refractivity contribution in [2.45, 2.75) is 25.9 Å². The highest BCUT2D eigenvalue weighted by Gasteiger charge is 2.03. The molecule has 4 heteroatoms. The van der Waals surface area contributed by atoms with E-state index in [1.54, 1.807) is 6.20 Å². The lowest BCUT2D eigenvalue weighted by molar-refractivity contribution is 0.359. The fourth-order valence-corrected chi connectivity index (χ4v) is 1.16. The number of aromatic nitrogens is 1. The summed E-state index contributed by atoms with van der Waals surface area (Å²) in [7, 11) is 4.17. The van der Waals surface area contributed by atoms with Crippen LogP contribution in [0.4, 0.5) is 0 Å². The Bertz CT molecular complexity index is 234. The van der Waals surface area contributed by atoms with Crippen LogP contribution in [0.2, 0.25) is 0 Å². The first-order chi connectivity index (χ1) is 6.68. The van der Waals surface area contributed by atoms with Crippen LogP contribution in [0.1, 0.15) is 19.1 Å². The van der Waals surface area contributed by atoms with Crippen molar-refractivity contribution in [1.82, 2.24) is 15.2 Å². The minimum Gasteiger partial charge on any atom is -0.447 e. The Morgan fingerprint density at radius 2 is 2.36 bits per heavy atom. The molecule has 0 saturated heterocycles. The third-order valence-electron chi connectivity index (χ3n) is 2.12. The van der Waals surface area contributed by atoms with Crippen molar-refractivity contribution in [3.8, 4) is 0 Å². The molecule has 1 aromatic rings. The summed E-state index contributed by atoms with van der Waals surface area (Å²) < 4.78 is 5.13. The highest BCUT2D eigenvalue weighted by atomic mass is 16.3. The van der Waals surface area contributed by atoms with E-state index >= 15 is 0 Å². The molecule has 0 aliphatic carbocycles. The van der Waals surface area contributed by atoms with Crippen molar-refractivity contribution in [2.24, 2.45) is 0 Å². The van der Waals surface area contributed by atoms with Gasteiger partial charge in [0.1, 0.15) is 5.76 Å². The topological polar surface area (TPSA) is 41.3 Å². The van der Waals surface area contributed by atoms with Crippen LogP contribution in [0.15, 0.2) is 17.0 Å². The highest BCUT2D eigenvalue weighted by Crippen LogP contribution is 1.98. The van der Waals surface area contributed by atoms with Crippen LogP contribution >= 0.6 is 0 Å². The summed E-state index contributed by atoms with van der Waals surface area (Å²) >= 11 is 0. The third kappa shape index (κ3) is 4.39. The summed E-state index contributed by atoms with van der Waals surface area (Å²) in [5.74, 6) is 0.890. The van der Waals surface area contributed by atoms with Crippen LogP contribution in [-0.4, -0.2) is 36.6 Å². The molecule has 1 heterocycles. The van der Waals surface area contributed by atoms with E-state index in [9.17, 15) is 0 Å².